The number of nitrogens with one attached hydrogen (secondary N) is 1. The molecule has 0 saturated heterocycles. The number of methoxy groups -OCH3 is 1. The monoisotopic (exact) mass is 340 g/mol. The van der Waals surface area contributed by atoms with Crippen LogP contribution in [0.1, 0.15) is 11.1 Å². The molecule has 1 aliphatic rings. The van der Waals surface area contributed by atoms with Gasteiger partial charge in [-0.25, -0.2) is 0 Å². The van der Waals surface area contributed by atoms with Gasteiger partial charge in [0.2, 0.25) is 5.88 Å². The summed E-state index contributed by atoms with van der Waals surface area (Å²) in [5, 5.41) is 0.575. The molecule has 0 amide bonds. The van der Waals surface area contributed by atoms with E-state index < -0.39 is 0 Å². The number of halogens is 1. The predicted octanol–water partition coefficient (Wildman–Crippen LogP) is 3.80. The van der Waals surface area contributed by atoms with Crippen molar-refractivity contribution in [2.24, 2.45) is 0 Å². The van der Waals surface area contributed by atoms with Gasteiger partial charge in [-0.2, -0.15) is 4.98 Å². The fraction of sp³-hybridized carbons (Fsp3) is 0.111. The molecule has 1 N–H and O–H groups in total. The van der Waals surface area contributed by atoms with Gasteiger partial charge in [0.25, 0.3) is 5.56 Å². The molecule has 3 aromatic rings. The first-order valence-electron chi connectivity index (χ1n) is 7.38. The highest BCUT2D eigenvalue weighted by atomic mass is 35.5. The minimum atomic E-state index is -0.219. The summed E-state index contributed by atoms with van der Waals surface area (Å²) in [5.41, 5.74) is 1.90. The van der Waals surface area contributed by atoms with Gasteiger partial charge in [-0.05, 0) is 30.3 Å². The van der Waals surface area contributed by atoms with Crippen molar-refractivity contribution in [2.75, 3.05) is 7.11 Å². The zero-order valence-corrected chi connectivity index (χ0v) is 13.6. The Balaban J connectivity index is 1.79. The molecule has 4 rings (SSSR count). The number of hydrogen-bond acceptors (Lipinski definition) is 4. The molecule has 0 aliphatic carbocycles. The lowest BCUT2D eigenvalue weighted by Crippen LogP contribution is -2.20. The van der Waals surface area contributed by atoms with Crippen LogP contribution in [0.25, 0.3) is 11.4 Å². The number of benzene rings is 2. The summed E-state index contributed by atoms with van der Waals surface area (Å²) in [7, 11) is 1.60. The van der Waals surface area contributed by atoms with E-state index in [4.69, 9.17) is 21.1 Å². The molecule has 0 saturated carbocycles. The minimum absolute atomic E-state index is 0.219. The van der Waals surface area contributed by atoms with Gasteiger partial charge in [-0.1, -0.05) is 23.7 Å². The number of aromatic nitrogens is 2. The zero-order chi connectivity index (χ0) is 16.7. The average Bonchev–Trinajstić information content (AvgIpc) is 2.60. The van der Waals surface area contributed by atoms with Crippen molar-refractivity contribution in [1.82, 2.24) is 9.97 Å². The molecule has 120 valence electrons. The number of H-pyrrole nitrogens is 1. The van der Waals surface area contributed by atoms with Gasteiger partial charge in [0.15, 0.2) is 0 Å². The molecule has 0 fully saturated rings. The Hall–Kier alpha value is -2.79. The lowest BCUT2D eigenvalue weighted by atomic mass is 10.0. The van der Waals surface area contributed by atoms with E-state index in [1.165, 1.54) is 0 Å². The Morgan fingerprint density at radius 1 is 1.25 bits per heavy atom. The lowest BCUT2D eigenvalue weighted by molar-refractivity contribution is 0.407. The van der Waals surface area contributed by atoms with Crippen molar-refractivity contribution in [3.63, 3.8) is 0 Å². The molecule has 5 nitrogen and oxygen atoms in total. The van der Waals surface area contributed by atoms with E-state index >= 15 is 0 Å². The summed E-state index contributed by atoms with van der Waals surface area (Å²) in [6.45, 7) is 0. The predicted molar refractivity (Wildman–Crippen MR) is 91.2 cm³/mol. The second kappa shape index (κ2) is 5.69. The van der Waals surface area contributed by atoms with Gasteiger partial charge >= 0.3 is 0 Å². The van der Waals surface area contributed by atoms with Crippen molar-refractivity contribution in [1.29, 1.82) is 0 Å². The molecule has 0 spiro atoms. The molecule has 0 radical (unpaired) electrons. The number of nitrogens with zero attached hydrogens (tertiary/aromatic N) is 1. The highest BCUT2D eigenvalue weighted by Crippen LogP contribution is 2.36. The van der Waals surface area contributed by atoms with Crippen LogP contribution in [0, 0.1) is 0 Å². The molecular weight excluding hydrogens is 328 g/mol. The van der Waals surface area contributed by atoms with Crippen molar-refractivity contribution < 1.29 is 9.47 Å². The fourth-order valence-corrected chi connectivity index (χ4v) is 2.90. The first-order valence-corrected chi connectivity index (χ1v) is 7.76. The SMILES string of the molecule is COc1ccc2c(c1)Cc1c(nc(-c3cccc(Cl)c3)[nH]c1=O)O2. The van der Waals surface area contributed by atoms with Gasteiger partial charge in [0, 0.05) is 22.6 Å². The van der Waals surface area contributed by atoms with Gasteiger partial charge in [-0.15, -0.1) is 0 Å². The fourth-order valence-electron chi connectivity index (χ4n) is 2.70. The van der Waals surface area contributed by atoms with E-state index in [1.54, 1.807) is 25.3 Å². The summed E-state index contributed by atoms with van der Waals surface area (Å²) in [6, 6.07) is 12.6. The summed E-state index contributed by atoms with van der Waals surface area (Å²) >= 11 is 6.01. The van der Waals surface area contributed by atoms with Crippen molar-refractivity contribution in [3.05, 3.63) is 69.0 Å². The number of ether oxygens (including phenoxy) is 2. The largest absolute Gasteiger partial charge is 0.497 e. The zero-order valence-electron chi connectivity index (χ0n) is 12.8. The van der Waals surface area contributed by atoms with Gasteiger partial charge in [0.1, 0.15) is 17.3 Å². The molecule has 0 unspecified atom stereocenters. The molecule has 6 heteroatoms. The molecule has 0 bridgehead atoms. The van der Waals surface area contributed by atoms with Crippen molar-refractivity contribution in [3.8, 4) is 28.8 Å². The Bertz CT molecular complexity index is 998. The maximum atomic E-state index is 12.5. The summed E-state index contributed by atoms with van der Waals surface area (Å²) in [6.07, 6.45) is 0.444. The van der Waals surface area contributed by atoms with E-state index in [2.05, 4.69) is 9.97 Å². The van der Waals surface area contributed by atoms with Crippen LogP contribution in [0.3, 0.4) is 0 Å². The first kappa shape index (κ1) is 14.8. The Morgan fingerprint density at radius 3 is 2.92 bits per heavy atom. The van der Waals surface area contributed by atoms with E-state index in [1.807, 2.05) is 24.3 Å². The number of fused-ring (bicyclic) bond motifs is 2. The van der Waals surface area contributed by atoms with E-state index in [0.717, 1.165) is 16.9 Å². The molecule has 1 aromatic heterocycles. The Labute approximate surface area is 142 Å². The topological polar surface area (TPSA) is 64.2 Å². The van der Waals surface area contributed by atoms with Crippen molar-refractivity contribution >= 4 is 11.6 Å². The van der Waals surface area contributed by atoms with Crippen molar-refractivity contribution in [2.45, 2.75) is 6.42 Å². The van der Waals surface area contributed by atoms with Crippen LogP contribution >= 0.6 is 11.6 Å². The highest BCUT2D eigenvalue weighted by Gasteiger charge is 2.23. The summed E-state index contributed by atoms with van der Waals surface area (Å²) in [4.78, 5) is 19.7. The van der Waals surface area contributed by atoms with E-state index in [9.17, 15) is 4.79 Å². The molecular formula is C18H13ClN2O3. The van der Waals surface area contributed by atoms with Crippen LogP contribution in [0.2, 0.25) is 5.02 Å². The number of rotatable bonds is 2. The first-order chi connectivity index (χ1) is 11.6. The minimum Gasteiger partial charge on any atom is -0.497 e. The third kappa shape index (κ3) is 2.53. The van der Waals surface area contributed by atoms with E-state index in [0.29, 0.717) is 34.5 Å². The van der Waals surface area contributed by atoms with Gasteiger partial charge < -0.3 is 14.5 Å². The second-order valence-electron chi connectivity index (χ2n) is 5.46. The van der Waals surface area contributed by atoms with Crippen LogP contribution in [-0.4, -0.2) is 17.1 Å². The van der Waals surface area contributed by atoms with Crippen LogP contribution in [0.5, 0.6) is 17.4 Å². The normalized spacial score (nSPS) is 12.1. The van der Waals surface area contributed by atoms with Gasteiger partial charge in [-0.3, -0.25) is 4.79 Å². The smallest absolute Gasteiger partial charge is 0.258 e. The van der Waals surface area contributed by atoms with Crippen LogP contribution in [0.4, 0.5) is 0 Å². The summed E-state index contributed by atoms with van der Waals surface area (Å²) in [5.74, 6) is 2.16. The highest BCUT2D eigenvalue weighted by molar-refractivity contribution is 6.30. The molecule has 24 heavy (non-hydrogen) atoms. The second-order valence-corrected chi connectivity index (χ2v) is 5.90. The lowest BCUT2D eigenvalue weighted by Gasteiger charge is -2.19. The Morgan fingerprint density at radius 2 is 2.12 bits per heavy atom. The maximum Gasteiger partial charge on any atom is 0.258 e. The molecule has 2 heterocycles. The van der Waals surface area contributed by atoms with E-state index in [-0.39, 0.29) is 5.56 Å². The standard InChI is InChI=1S/C18H13ClN2O3/c1-23-13-5-6-15-11(8-13)9-14-17(22)20-16(21-18(14)24-15)10-3-2-4-12(19)7-10/h2-8H,9H2,1H3,(H,20,21,22). The average molecular weight is 341 g/mol. The molecule has 0 atom stereocenters. The van der Waals surface area contributed by atoms with Crippen LogP contribution < -0.4 is 15.0 Å². The third-order valence-corrected chi connectivity index (χ3v) is 4.15. The quantitative estimate of drug-likeness (QED) is 0.603. The van der Waals surface area contributed by atoms with Crippen LogP contribution in [-0.2, 0) is 6.42 Å². The Kier molecular flexibility index (Phi) is 3.50. The number of hydrogen-bond donors (Lipinski definition) is 1. The molecule has 2 aromatic carbocycles. The summed E-state index contributed by atoms with van der Waals surface area (Å²) < 4.78 is 11.0. The maximum absolute atomic E-state index is 12.5. The molecule has 1 aliphatic heterocycles. The van der Waals surface area contributed by atoms with Gasteiger partial charge in [0.05, 0.1) is 12.7 Å². The van der Waals surface area contributed by atoms with Crippen LogP contribution in [0.15, 0.2) is 47.3 Å². The number of aromatic amines is 1. The third-order valence-electron chi connectivity index (χ3n) is 3.92.